The molecule has 74 valence electrons. The van der Waals surface area contributed by atoms with Crippen molar-refractivity contribution in [1.82, 2.24) is 4.90 Å². The second-order valence-corrected chi connectivity index (χ2v) is 4.26. The molecule has 2 aliphatic rings. The fourth-order valence-corrected chi connectivity index (χ4v) is 2.70. The van der Waals surface area contributed by atoms with Crippen LogP contribution in [0.3, 0.4) is 0 Å². The smallest absolute Gasteiger partial charge is 0.314 e. The van der Waals surface area contributed by atoms with E-state index in [1.54, 1.807) is 4.90 Å². The van der Waals surface area contributed by atoms with Crippen LogP contribution in [0.1, 0.15) is 19.3 Å². The van der Waals surface area contributed by atoms with Gasteiger partial charge in [0.1, 0.15) is 0 Å². The van der Waals surface area contributed by atoms with E-state index in [4.69, 9.17) is 11.5 Å². The topological polar surface area (TPSA) is 72.4 Å². The molecule has 4 N–H and O–H groups in total. The standard InChI is InChI=1S/C9H17N3O/c10-8-3-1-2-6-4-12(9(11)13)5-7(6)8/h6-8H,1-5,10H2,(H2,11,13). The minimum atomic E-state index is -0.290. The van der Waals surface area contributed by atoms with Gasteiger partial charge >= 0.3 is 6.03 Å². The number of hydrogen-bond donors (Lipinski definition) is 2. The molecule has 1 saturated heterocycles. The Labute approximate surface area is 78.2 Å². The Morgan fingerprint density at radius 1 is 1.31 bits per heavy atom. The molecule has 2 fully saturated rings. The summed E-state index contributed by atoms with van der Waals surface area (Å²) in [7, 11) is 0. The van der Waals surface area contributed by atoms with E-state index in [1.165, 1.54) is 12.8 Å². The van der Waals surface area contributed by atoms with E-state index in [2.05, 4.69) is 0 Å². The van der Waals surface area contributed by atoms with E-state index >= 15 is 0 Å². The zero-order valence-electron chi connectivity index (χ0n) is 7.78. The average Bonchev–Trinajstić information content (AvgIpc) is 2.49. The summed E-state index contributed by atoms with van der Waals surface area (Å²) < 4.78 is 0. The SMILES string of the molecule is NC(=O)N1CC2CCCC(N)C2C1. The Hall–Kier alpha value is -0.770. The third-order valence-corrected chi connectivity index (χ3v) is 3.47. The minimum absolute atomic E-state index is 0.281. The normalized spacial score (nSPS) is 38.8. The zero-order chi connectivity index (χ0) is 9.42. The highest BCUT2D eigenvalue weighted by Gasteiger charge is 2.39. The molecule has 1 aliphatic heterocycles. The number of urea groups is 1. The summed E-state index contributed by atoms with van der Waals surface area (Å²) in [4.78, 5) is 12.7. The number of nitrogens with zero attached hydrogens (tertiary/aromatic N) is 1. The van der Waals surface area contributed by atoms with E-state index < -0.39 is 0 Å². The van der Waals surface area contributed by atoms with Crippen molar-refractivity contribution in [2.75, 3.05) is 13.1 Å². The van der Waals surface area contributed by atoms with Crippen molar-refractivity contribution in [3.63, 3.8) is 0 Å². The van der Waals surface area contributed by atoms with Crippen LogP contribution >= 0.6 is 0 Å². The van der Waals surface area contributed by atoms with E-state index in [1.807, 2.05) is 0 Å². The van der Waals surface area contributed by atoms with Gasteiger partial charge < -0.3 is 16.4 Å². The first kappa shape index (κ1) is 8.81. The van der Waals surface area contributed by atoms with E-state index in [9.17, 15) is 4.79 Å². The molecular weight excluding hydrogens is 166 g/mol. The number of fused-ring (bicyclic) bond motifs is 1. The fourth-order valence-electron chi connectivity index (χ4n) is 2.70. The van der Waals surface area contributed by atoms with Crippen LogP contribution in [0.15, 0.2) is 0 Å². The molecule has 0 aromatic carbocycles. The van der Waals surface area contributed by atoms with Gasteiger partial charge in [0.05, 0.1) is 0 Å². The highest BCUT2D eigenvalue weighted by molar-refractivity contribution is 5.72. The first-order valence-electron chi connectivity index (χ1n) is 4.98. The number of hydrogen-bond acceptors (Lipinski definition) is 2. The Morgan fingerprint density at radius 2 is 2.08 bits per heavy atom. The van der Waals surface area contributed by atoms with Gasteiger partial charge in [-0.2, -0.15) is 0 Å². The van der Waals surface area contributed by atoms with E-state index in [-0.39, 0.29) is 12.1 Å². The first-order valence-corrected chi connectivity index (χ1v) is 4.98. The number of carbonyl (C=O) groups excluding carboxylic acids is 1. The maximum atomic E-state index is 11.0. The predicted molar refractivity (Wildman–Crippen MR) is 50.0 cm³/mol. The summed E-state index contributed by atoms with van der Waals surface area (Å²) in [6, 6.07) is -0.00954. The Morgan fingerprint density at radius 3 is 2.69 bits per heavy atom. The van der Waals surface area contributed by atoms with E-state index in [0.29, 0.717) is 11.8 Å². The molecule has 0 aromatic heterocycles. The lowest BCUT2D eigenvalue weighted by atomic mass is 9.78. The summed E-state index contributed by atoms with van der Waals surface area (Å²) in [5.41, 5.74) is 11.2. The zero-order valence-corrected chi connectivity index (χ0v) is 7.78. The van der Waals surface area contributed by atoms with Crippen molar-refractivity contribution in [2.24, 2.45) is 23.3 Å². The second-order valence-electron chi connectivity index (χ2n) is 4.26. The van der Waals surface area contributed by atoms with Crippen LogP contribution in [0.4, 0.5) is 4.79 Å². The van der Waals surface area contributed by atoms with Crippen molar-refractivity contribution >= 4 is 6.03 Å². The lowest BCUT2D eigenvalue weighted by molar-refractivity contribution is 0.215. The van der Waals surface area contributed by atoms with Gasteiger partial charge in [-0.1, -0.05) is 6.42 Å². The number of amides is 2. The molecule has 4 nitrogen and oxygen atoms in total. The van der Waals surface area contributed by atoms with Gasteiger partial charge in [-0.25, -0.2) is 4.79 Å². The molecule has 13 heavy (non-hydrogen) atoms. The summed E-state index contributed by atoms with van der Waals surface area (Å²) in [5.74, 6) is 1.11. The van der Waals surface area contributed by atoms with Crippen molar-refractivity contribution in [3.05, 3.63) is 0 Å². The van der Waals surface area contributed by atoms with Crippen molar-refractivity contribution in [3.8, 4) is 0 Å². The van der Waals surface area contributed by atoms with Crippen LogP contribution < -0.4 is 11.5 Å². The van der Waals surface area contributed by atoms with Crippen molar-refractivity contribution < 1.29 is 4.79 Å². The molecule has 4 heteroatoms. The quantitative estimate of drug-likeness (QED) is 0.560. The molecule has 0 bridgehead atoms. The van der Waals surface area contributed by atoms with Crippen molar-refractivity contribution in [2.45, 2.75) is 25.3 Å². The maximum absolute atomic E-state index is 11.0. The maximum Gasteiger partial charge on any atom is 0.314 e. The number of nitrogens with two attached hydrogens (primary N) is 2. The van der Waals surface area contributed by atoms with Gasteiger partial charge in [-0.15, -0.1) is 0 Å². The molecular formula is C9H17N3O. The third-order valence-electron chi connectivity index (χ3n) is 3.47. The molecule has 2 amide bonds. The summed E-state index contributed by atoms with van der Waals surface area (Å²) in [5, 5.41) is 0. The van der Waals surface area contributed by atoms with Gasteiger partial charge in [-0.3, -0.25) is 0 Å². The molecule has 1 heterocycles. The Kier molecular flexibility index (Phi) is 2.15. The molecule has 2 rings (SSSR count). The molecule has 0 aromatic rings. The molecule has 1 saturated carbocycles. The van der Waals surface area contributed by atoms with Crippen LogP contribution in [-0.4, -0.2) is 30.1 Å². The average molecular weight is 183 g/mol. The van der Waals surface area contributed by atoms with Crippen LogP contribution in [0, 0.1) is 11.8 Å². The Balaban J connectivity index is 2.04. The Bertz CT molecular complexity index is 219. The number of primary amides is 1. The number of likely N-dealkylation sites (tertiary alicyclic amines) is 1. The highest BCUT2D eigenvalue weighted by atomic mass is 16.2. The van der Waals surface area contributed by atoms with Crippen LogP contribution in [0.25, 0.3) is 0 Å². The molecule has 0 radical (unpaired) electrons. The fraction of sp³-hybridized carbons (Fsp3) is 0.889. The number of carbonyl (C=O) groups is 1. The number of rotatable bonds is 0. The van der Waals surface area contributed by atoms with E-state index in [0.717, 1.165) is 19.5 Å². The monoisotopic (exact) mass is 183 g/mol. The third kappa shape index (κ3) is 1.50. The first-order chi connectivity index (χ1) is 6.18. The molecule has 0 spiro atoms. The van der Waals surface area contributed by atoms with Gasteiger partial charge in [0, 0.05) is 19.1 Å². The van der Waals surface area contributed by atoms with Crippen LogP contribution in [0.2, 0.25) is 0 Å². The van der Waals surface area contributed by atoms with Crippen molar-refractivity contribution in [1.29, 1.82) is 0 Å². The molecule has 3 unspecified atom stereocenters. The summed E-state index contributed by atoms with van der Waals surface area (Å²) in [6.07, 6.45) is 3.52. The molecule has 3 atom stereocenters. The van der Waals surface area contributed by atoms with Gasteiger partial charge in [0.25, 0.3) is 0 Å². The van der Waals surface area contributed by atoms with Gasteiger partial charge in [0.15, 0.2) is 0 Å². The summed E-state index contributed by atoms with van der Waals surface area (Å²) >= 11 is 0. The lowest BCUT2D eigenvalue weighted by Gasteiger charge is -2.29. The van der Waals surface area contributed by atoms with Gasteiger partial charge in [0.2, 0.25) is 0 Å². The predicted octanol–water partition coefficient (Wildman–Crippen LogP) is 0.124. The minimum Gasteiger partial charge on any atom is -0.351 e. The van der Waals surface area contributed by atoms with Crippen LogP contribution in [-0.2, 0) is 0 Å². The largest absolute Gasteiger partial charge is 0.351 e. The molecule has 1 aliphatic carbocycles. The lowest BCUT2D eigenvalue weighted by Crippen LogP contribution is -2.39. The van der Waals surface area contributed by atoms with Gasteiger partial charge in [-0.05, 0) is 24.7 Å². The highest BCUT2D eigenvalue weighted by Crippen LogP contribution is 2.35. The second kappa shape index (κ2) is 3.18. The van der Waals surface area contributed by atoms with Crippen LogP contribution in [0.5, 0.6) is 0 Å². The summed E-state index contributed by atoms with van der Waals surface area (Å²) in [6.45, 7) is 1.61.